The summed E-state index contributed by atoms with van der Waals surface area (Å²) in [5, 5.41) is 16.0. The molecule has 5 heterocycles. The first-order valence-electron chi connectivity index (χ1n) is 22.2. The van der Waals surface area contributed by atoms with Crippen molar-refractivity contribution < 1.29 is 23.9 Å². The van der Waals surface area contributed by atoms with E-state index < -0.39 is 17.5 Å². The number of piperazine rings is 1. The normalized spacial score (nSPS) is 19.4. The molecule has 0 unspecified atom stereocenters. The van der Waals surface area contributed by atoms with E-state index >= 15 is 0 Å². The number of aromatic nitrogens is 4. The molecule has 3 fully saturated rings. The first-order valence-corrected chi connectivity index (χ1v) is 23.0. The second-order valence-electron chi connectivity index (χ2n) is 18.2. The topological polar surface area (TPSA) is 178 Å². The molecule has 1 saturated carbocycles. The van der Waals surface area contributed by atoms with E-state index in [4.69, 9.17) is 4.74 Å². The number of nitrogens with one attached hydrogen (secondary N) is 4. The summed E-state index contributed by atoms with van der Waals surface area (Å²) < 4.78 is 5.70. The van der Waals surface area contributed by atoms with Crippen LogP contribution in [0.2, 0.25) is 0 Å². The molecule has 4 amide bonds. The van der Waals surface area contributed by atoms with Gasteiger partial charge in [0.2, 0.25) is 17.7 Å². The number of benzene rings is 2. The Morgan fingerprint density at radius 3 is 2.44 bits per heavy atom. The number of rotatable bonds is 14. The Labute approximate surface area is 378 Å². The van der Waals surface area contributed by atoms with Gasteiger partial charge in [-0.15, -0.1) is 11.3 Å². The molecule has 0 spiro atoms. The van der Waals surface area contributed by atoms with E-state index in [1.54, 1.807) is 47.7 Å². The molecule has 0 radical (unpaired) electrons. The molecule has 3 aliphatic rings. The number of hydrogen-bond donors (Lipinski definition) is 4. The van der Waals surface area contributed by atoms with Gasteiger partial charge in [0.25, 0.3) is 5.91 Å². The number of hydrogen-bond acceptors (Lipinski definition) is 11. The summed E-state index contributed by atoms with van der Waals surface area (Å²) in [6.07, 6.45) is 5.21. The molecular formula is C48H58N10O5S. The van der Waals surface area contributed by atoms with Crippen LogP contribution in [0.1, 0.15) is 74.6 Å². The van der Waals surface area contributed by atoms with Gasteiger partial charge in [0.05, 0.1) is 40.3 Å². The van der Waals surface area contributed by atoms with Crippen molar-refractivity contribution in [3.63, 3.8) is 0 Å². The Bertz CT molecular complexity index is 2430. The summed E-state index contributed by atoms with van der Waals surface area (Å²) in [5.41, 5.74) is 7.59. The second kappa shape index (κ2) is 19.3. The number of aromatic amines is 1. The van der Waals surface area contributed by atoms with E-state index in [-0.39, 0.29) is 35.2 Å². The van der Waals surface area contributed by atoms with Gasteiger partial charge in [-0.3, -0.25) is 29.2 Å². The summed E-state index contributed by atoms with van der Waals surface area (Å²) in [5.74, 6) is -0.0148. The Kier molecular flexibility index (Phi) is 13.4. The Morgan fingerprint density at radius 1 is 0.969 bits per heavy atom. The van der Waals surface area contributed by atoms with Crippen molar-refractivity contribution in [3.8, 4) is 27.6 Å². The zero-order valence-electron chi connectivity index (χ0n) is 37.2. The van der Waals surface area contributed by atoms with E-state index in [9.17, 15) is 19.2 Å². The highest BCUT2D eigenvalue weighted by Crippen LogP contribution is 2.37. The van der Waals surface area contributed by atoms with Crippen LogP contribution in [0.4, 0.5) is 11.4 Å². The van der Waals surface area contributed by atoms with Gasteiger partial charge in [0.1, 0.15) is 23.5 Å². The maximum Gasteiger partial charge on any atom is 0.274 e. The number of likely N-dealkylation sites (tertiary alicyclic amines) is 1. The van der Waals surface area contributed by atoms with E-state index in [1.165, 1.54) is 0 Å². The first-order chi connectivity index (χ1) is 30.8. The number of anilines is 2. The summed E-state index contributed by atoms with van der Waals surface area (Å²) >= 11 is 1.61. The van der Waals surface area contributed by atoms with Crippen molar-refractivity contribution in [2.24, 2.45) is 11.3 Å². The molecule has 0 bridgehead atoms. The smallest absolute Gasteiger partial charge is 0.274 e. The van der Waals surface area contributed by atoms with Gasteiger partial charge in [-0.2, -0.15) is 5.10 Å². The molecule has 3 aromatic heterocycles. The van der Waals surface area contributed by atoms with Gasteiger partial charge in [-0.25, -0.2) is 9.97 Å². The Hall–Kier alpha value is -6.13. The second-order valence-corrected chi connectivity index (χ2v) is 19.0. The lowest BCUT2D eigenvalue weighted by molar-refractivity contribution is -0.144. The monoisotopic (exact) mass is 886 g/mol. The molecule has 64 heavy (non-hydrogen) atoms. The third-order valence-electron chi connectivity index (χ3n) is 12.8. The van der Waals surface area contributed by atoms with Crippen molar-refractivity contribution >= 4 is 46.3 Å². The van der Waals surface area contributed by atoms with E-state index in [0.717, 1.165) is 78.5 Å². The minimum absolute atomic E-state index is 0.119. The molecule has 2 aliphatic heterocycles. The maximum absolute atomic E-state index is 14.1. The fourth-order valence-electron chi connectivity index (χ4n) is 9.05. The molecule has 2 aromatic carbocycles. The van der Waals surface area contributed by atoms with Gasteiger partial charge >= 0.3 is 0 Å². The predicted molar refractivity (Wildman–Crippen MR) is 248 cm³/mol. The lowest BCUT2D eigenvalue weighted by Gasteiger charge is -2.47. The summed E-state index contributed by atoms with van der Waals surface area (Å²) in [6.45, 7) is 12.2. The molecule has 2 saturated heterocycles. The Morgan fingerprint density at radius 2 is 1.75 bits per heavy atom. The number of thiazole rings is 1. The van der Waals surface area contributed by atoms with Gasteiger partial charge in [0, 0.05) is 69.7 Å². The molecule has 16 heteroatoms. The molecular weight excluding hydrogens is 829 g/mol. The molecule has 2 atom stereocenters. The SMILES string of the molecule is COc1cc(N2CCN(C3CC(CC(=O)N[C@H](C(=O)N4CCC[C@H]4C(=O)NCc4ccc(-c5scnc5C)cc4)C(C)(C)C)C3)CC2)ccc1NC(=O)c1cccc(-c2ccn[nH]2)n1. The number of ether oxygens (including phenoxy) is 1. The average Bonchev–Trinajstić information content (AvgIpc) is 4.09. The standard InChI is InChI=1S/C48H58N10O5S/c1-30-43(64-29-50-30)33-13-11-31(12-14-33)28-49-46(61)40-10-7-19-58(40)47(62)44(48(2,3)4)54-42(59)26-32-24-35(25-32)57-22-20-56(21-23-57)34-15-16-38(41(27-34)63-5)53-45(60)39-9-6-8-36(52-39)37-17-18-51-55-37/h6,8-9,11-18,27,29,32,35,40,44H,7,10,19-26,28H2,1-5H3,(H,49,61)(H,51,55)(H,53,60)(H,54,59)/t32?,35?,40-,44+/m0/s1. The number of aryl methyl sites for hydroxylation is 1. The van der Waals surface area contributed by atoms with E-state index in [1.807, 2.05) is 81.7 Å². The summed E-state index contributed by atoms with van der Waals surface area (Å²) in [7, 11) is 1.59. The fourth-order valence-corrected chi connectivity index (χ4v) is 9.86. The number of methoxy groups -OCH3 is 1. The zero-order valence-corrected chi connectivity index (χ0v) is 38.0. The van der Waals surface area contributed by atoms with Gasteiger partial charge in [0.15, 0.2) is 0 Å². The third kappa shape index (κ3) is 10.1. The average molecular weight is 887 g/mol. The quantitative estimate of drug-likeness (QED) is 0.0991. The van der Waals surface area contributed by atoms with Gasteiger partial charge in [-0.1, -0.05) is 51.1 Å². The van der Waals surface area contributed by atoms with Crippen LogP contribution in [0.5, 0.6) is 5.75 Å². The van der Waals surface area contributed by atoms with Crippen LogP contribution in [0, 0.1) is 18.3 Å². The predicted octanol–water partition coefficient (Wildman–Crippen LogP) is 6.29. The van der Waals surface area contributed by atoms with Crippen LogP contribution in [0.3, 0.4) is 0 Å². The molecule has 1 aliphatic carbocycles. The lowest BCUT2D eigenvalue weighted by atomic mass is 9.76. The number of amides is 4. The van der Waals surface area contributed by atoms with Crippen molar-refractivity contribution in [3.05, 3.63) is 95.4 Å². The van der Waals surface area contributed by atoms with Gasteiger partial charge in [-0.05, 0) is 85.4 Å². The van der Waals surface area contributed by atoms with Gasteiger partial charge < -0.3 is 30.5 Å². The minimum Gasteiger partial charge on any atom is -0.494 e. The third-order valence-corrected chi connectivity index (χ3v) is 13.7. The van der Waals surface area contributed by atoms with Crippen LogP contribution < -0.4 is 25.6 Å². The van der Waals surface area contributed by atoms with Crippen LogP contribution in [0.15, 0.2) is 78.4 Å². The highest BCUT2D eigenvalue weighted by molar-refractivity contribution is 7.13. The van der Waals surface area contributed by atoms with Crippen LogP contribution in [-0.2, 0) is 20.9 Å². The van der Waals surface area contributed by atoms with E-state index in [0.29, 0.717) is 49.1 Å². The highest BCUT2D eigenvalue weighted by atomic mass is 32.1. The molecule has 336 valence electrons. The number of pyridine rings is 1. The summed E-state index contributed by atoms with van der Waals surface area (Å²) in [4.78, 5) is 70.8. The molecule has 15 nitrogen and oxygen atoms in total. The van der Waals surface area contributed by atoms with Crippen molar-refractivity contribution in [1.82, 2.24) is 40.6 Å². The van der Waals surface area contributed by atoms with Crippen LogP contribution in [0.25, 0.3) is 21.8 Å². The zero-order chi connectivity index (χ0) is 45.0. The van der Waals surface area contributed by atoms with Crippen LogP contribution in [-0.4, -0.2) is 112 Å². The molecule has 5 aromatic rings. The highest BCUT2D eigenvalue weighted by Gasteiger charge is 2.43. The first kappa shape index (κ1) is 44.5. The summed E-state index contributed by atoms with van der Waals surface area (Å²) in [6, 6.07) is 20.1. The molecule has 8 rings (SSSR count). The Balaban J connectivity index is 0.782. The fraction of sp³-hybridized carbons (Fsp3) is 0.438. The number of H-pyrrole nitrogens is 1. The number of nitrogens with zero attached hydrogens (tertiary/aromatic N) is 6. The minimum atomic E-state index is -0.744. The lowest BCUT2D eigenvalue weighted by Crippen LogP contribution is -2.58. The number of carbonyl (C=O) groups excluding carboxylic acids is 4. The van der Waals surface area contributed by atoms with Crippen molar-refractivity contribution in [1.29, 1.82) is 0 Å². The van der Waals surface area contributed by atoms with Crippen molar-refractivity contribution in [2.45, 2.75) is 84.5 Å². The maximum atomic E-state index is 14.1. The molecule has 4 N–H and O–H groups in total. The van der Waals surface area contributed by atoms with E-state index in [2.05, 4.69) is 45.9 Å². The van der Waals surface area contributed by atoms with Crippen LogP contribution >= 0.6 is 11.3 Å². The largest absolute Gasteiger partial charge is 0.494 e. The van der Waals surface area contributed by atoms with Crippen molar-refractivity contribution in [2.75, 3.05) is 50.1 Å². The number of carbonyl (C=O) groups is 4.